The Balaban J connectivity index is 2.05. The minimum Gasteiger partial charge on any atom is -0.305 e. The lowest BCUT2D eigenvalue weighted by molar-refractivity contribution is 0.546. The monoisotopic (exact) mass is 335 g/mol. The topological polar surface area (TPSA) is 29.9 Å². The van der Waals surface area contributed by atoms with Crippen LogP contribution in [0.2, 0.25) is 0 Å². The van der Waals surface area contributed by atoms with Gasteiger partial charge in [0, 0.05) is 19.6 Å². The summed E-state index contributed by atoms with van der Waals surface area (Å²) in [6, 6.07) is 9.00. The molecule has 0 aliphatic carbocycles. The molecule has 1 heterocycles. The van der Waals surface area contributed by atoms with Crippen molar-refractivity contribution in [1.82, 2.24) is 15.1 Å². The Hall–Kier alpha value is -1.13. The lowest BCUT2D eigenvalue weighted by Gasteiger charge is -2.15. The predicted octanol–water partition coefficient (Wildman–Crippen LogP) is 3.90. The zero-order valence-corrected chi connectivity index (χ0v) is 14.2. The minimum atomic E-state index is 0.322. The van der Waals surface area contributed by atoms with Gasteiger partial charge in [0.1, 0.15) is 0 Å². The first-order chi connectivity index (χ1) is 9.52. The molecule has 0 bridgehead atoms. The molecule has 4 heteroatoms. The zero-order chi connectivity index (χ0) is 14.7. The fourth-order valence-electron chi connectivity index (χ4n) is 2.23. The van der Waals surface area contributed by atoms with Crippen LogP contribution in [0.15, 0.2) is 28.7 Å². The van der Waals surface area contributed by atoms with Crippen molar-refractivity contribution in [3.8, 4) is 0 Å². The van der Waals surface area contributed by atoms with E-state index in [-0.39, 0.29) is 0 Å². The van der Waals surface area contributed by atoms with Gasteiger partial charge in [0.2, 0.25) is 0 Å². The van der Waals surface area contributed by atoms with Gasteiger partial charge in [-0.3, -0.25) is 4.68 Å². The number of nitrogens with zero attached hydrogens (tertiary/aromatic N) is 2. The first-order valence-corrected chi connectivity index (χ1v) is 7.82. The van der Waals surface area contributed by atoms with E-state index in [0.717, 1.165) is 23.1 Å². The average Bonchev–Trinajstić information content (AvgIpc) is 2.71. The van der Waals surface area contributed by atoms with E-state index in [1.54, 1.807) is 0 Å². The summed E-state index contributed by atoms with van der Waals surface area (Å²) in [5, 5.41) is 8.08. The second kappa shape index (κ2) is 6.55. The number of nitrogens with one attached hydrogen (secondary N) is 1. The first-order valence-electron chi connectivity index (χ1n) is 7.03. The second-order valence-corrected chi connectivity index (χ2v) is 5.99. The Labute approximate surface area is 129 Å². The molecule has 1 aromatic carbocycles. The van der Waals surface area contributed by atoms with Gasteiger partial charge >= 0.3 is 0 Å². The van der Waals surface area contributed by atoms with Crippen molar-refractivity contribution in [2.45, 2.75) is 39.8 Å². The minimum absolute atomic E-state index is 0.322. The highest BCUT2D eigenvalue weighted by Crippen LogP contribution is 2.22. The maximum atomic E-state index is 4.52. The fourth-order valence-corrected chi connectivity index (χ4v) is 2.99. The fraction of sp³-hybridized carbons (Fsp3) is 0.438. The van der Waals surface area contributed by atoms with Crippen LogP contribution in [-0.4, -0.2) is 9.78 Å². The van der Waals surface area contributed by atoms with Crippen LogP contribution in [0.1, 0.15) is 42.4 Å². The molecule has 1 N–H and O–H groups in total. The standard InChI is InChI=1S/C16H22BrN3/c1-5-14-16(17)15(20(4)19-14)10-18-12(3)13-8-6-11(2)7-9-13/h6-9,12,18H,5,10H2,1-4H3/t12-/m0/s1. The van der Waals surface area contributed by atoms with E-state index < -0.39 is 0 Å². The number of benzene rings is 1. The third-order valence-corrected chi connectivity index (χ3v) is 4.57. The number of rotatable bonds is 5. The van der Waals surface area contributed by atoms with E-state index in [1.165, 1.54) is 16.8 Å². The molecule has 0 unspecified atom stereocenters. The van der Waals surface area contributed by atoms with Crippen LogP contribution in [0.25, 0.3) is 0 Å². The van der Waals surface area contributed by atoms with Crippen molar-refractivity contribution in [3.05, 3.63) is 51.3 Å². The maximum Gasteiger partial charge on any atom is 0.0767 e. The number of aryl methyl sites for hydroxylation is 3. The molecule has 0 saturated heterocycles. The highest BCUT2D eigenvalue weighted by atomic mass is 79.9. The molecule has 1 atom stereocenters. The third kappa shape index (κ3) is 3.30. The molecule has 1 aromatic heterocycles. The highest BCUT2D eigenvalue weighted by molar-refractivity contribution is 9.10. The predicted molar refractivity (Wildman–Crippen MR) is 86.7 cm³/mol. The molecule has 0 radical (unpaired) electrons. The maximum absolute atomic E-state index is 4.52. The number of aromatic nitrogens is 2. The lowest BCUT2D eigenvalue weighted by Crippen LogP contribution is -2.20. The van der Waals surface area contributed by atoms with Gasteiger partial charge in [0.05, 0.1) is 15.9 Å². The summed E-state index contributed by atoms with van der Waals surface area (Å²) in [6.45, 7) is 7.23. The highest BCUT2D eigenvalue weighted by Gasteiger charge is 2.13. The van der Waals surface area contributed by atoms with E-state index >= 15 is 0 Å². The summed E-state index contributed by atoms with van der Waals surface area (Å²) in [7, 11) is 2.00. The summed E-state index contributed by atoms with van der Waals surface area (Å²) in [6.07, 6.45) is 0.946. The molecular weight excluding hydrogens is 314 g/mol. The first kappa shape index (κ1) is 15.3. The average molecular weight is 336 g/mol. The van der Waals surface area contributed by atoms with Crippen molar-refractivity contribution in [2.24, 2.45) is 7.05 Å². The molecular formula is C16H22BrN3. The van der Waals surface area contributed by atoms with Gasteiger partial charge in [0.25, 0.3) is 0 Å². The third-order valence-electron chi connectivity index (χ3n) is 3.66. The van der Waals surface area contributed by atoms with Gasteiger partial charge in [-0.1, -0.05) is 36.8 Å². The van der Waals surface area contributed by atoms with Crippen LogP contribution in [0.5, 0.6) is 0 Å². The van der Waals surface area contributed by atoms with Gasteiger partial charge in [-0.2, -0.15) is 5.10 Å². The van der Waals surface area contributed by atoms with E-state index in [4.69, 9.17) is 0 Å². The zero-order valence-electron chi connectivity index (χ0n) is 12.6. The van der Waals surface area contributed by atoms with Gasteiger partial charge in [-0.05, 0) is 41.8 Å². The van der Waals surface area contributed by atoms with Crippen LogP contribution in [0.3, 0.4) is 0 Å². The Kier molecular flexibility index (Phi) is 5.00. The summed E-state index contributed by atoms with van der Waals surface area (Å²) < 4.78 is 3.09. The normalized spacial score (nSPS) is 12.7. The van der Waals surface area contributed by atoms with Crippen LogP contribution < -0.4 is 5.32 Å². The Bertz CT molecular complexity index is 572. The van der Waals surface area contributed by atoms with E-state index in [0.29, 0.717) is 6.04 Å². The van der Waals surface area contributed by atoms with Crippen molar-refractivity contribution < 1.29 is 0 Å². The Morgan fingerprint density at radius 2 is 1.95 bits per heavy atom. The van der Waals surface area contributed by atoms with Crippen molar-refractivity contribution in [2.75, 3.05) is 0 Å². The van der Waals surface area contributed by atoms with E-state index in [9.17, 15) is 0 Å². The van der Waals surface area contributed by atoms with Crippen LogP contribution in [0, 0.1) is 6.92 Å². The largest absolute Gasteiger partial charge is 0.305 e. The lowest BCUT2D eigenvalue weighted by atomic mass is 10.1. The summed E-state index contributed by atoms with van der Waals surface area (Å²) in [5.74, 6) is 0. The molecule has 0 fully saturated rings. The van der Waals surface area contributed by atoms with Crippen LogP contribution in [0.4, 0.5) is 0 Å². The molecule has 20 heavy (non-hydrogen) atoms. The van der Waals surface area contributed by atoms with Crippen LogP contribution in [-0.2, 0) is 20.0 Å². The van der Waals surface area contributed by atoms with Gasteiger partial charge in [0.15, 0.2) is 0 Å². The van der Waals surface area contributed by atoms with Crippen LogP contribution >= 0.6 is 15.9 Å². The Morgan fingerprint density at radius 3 is 2.50 bits per heavy atom. The van der Waals surface area contributed by atoms with Crippen molar-refractivity contribution in [3.63, 3.8) is 0 Å². The van der Waals surface area contributed by atoms with Gasteiger partial charge in [-0.25, -0.2) is 0 Å². The van der Waals surface area contributed by atoms with Gasteiger partial charge < -0.3 is 5.32 Å². The molecule has 108 valence electrons. The quantitative estimate of drug-likeness (QED) is 0.897. The Morgan fingerprint density at radius 1 is 1.30 bits per heavy atom. The molecule has 0 aliphatic rings. The molecule has 3 nitrogen and oxygen atoms in total. The molecule has 2 rings (SSSR count). The van der Waals surface area contributed by atoms with E-state index in [2.05, 4.69) is 71.4 Å². The second-order valence-electron chi connectivity index (χ2n) is 5.20. The van der Waals surface area contributed by atoms with Crippen molar-refractivity contribution in [1.29, 1.82) is 0 Å². The molecule has 0 spiro atoms. The van der Waals surface area contributed by atoms with Gasteiger partial charge in [-0.15, -0.1) is 0 Å². The summed E-state index contributed by atoms with van der Waals surface area (Å²) in [4.78, 5) is 0. The molecule has 2 aromatic rings. The summed E-state index contributed by atoms with van der Waals surface area (Å²) in [5.41, 5.74) is 4.92. The molecule has 0 aliphatic heterocycles. The van der Waals surface area contributed by atoms with E-state index in [1.807, 2.05) is 11.7 Å². The number of hydrogen-bond donors (Lipinski definition) is 1. The molecule has 0 amide bonds. The summed E-state index contributed by atoms with van der Waals surface area (Å²) >= 11 is 3.65. The molecule has 0 saturated carbocycles. The number of halogens is 1. The number of hydrogen-bond acceptors (Lipinski definition) is 2. The SMILES string of the molecule is CCc1nn(C)c(CN[C@@H](C)c2ccc(C)cc2)c1Br. The smallest absolute Gasteiger partial charge is 0.0767 e. The van der Waals surface area contributed by atoms with Crippen molar-refractivity contribution >= 4 is 15.9 Å².